The molecule has 0 bridgehead atoms. The van der Waals surface area contributed by atoms with Crippen molar-refractivity contribution in [3.05, 3.63) is 53.1 Å². The number of halogens is 1. The van der Waals surface area contributed by atoms with Gasteiger partial charge in [-0.3, -0.25) is 9.52 Å². The molecule has 2 aromatic rings. The lowest BCUT2D eigenvalue weighted by Gasteiger charge is -2.14. The maximum atomic E-state index is 12.3. The largest absolute Gasteiger partial charge is 0.495 e. The zero-order chi connectivity index (χ0) is 19.3. The average Bonchev–Trinajstić information content (AvgIpc) is 2.56. The number of aryl methyl sites for hydroxylation is 1. The first-order chi connectivity index (χ1) is 12.2. The van der Waals surface area contributed by atoms with Gasteiger partial charge in [-0.15, -0.1) is 0 Å². The summed E-state index contributed by atoms with van der Waals surface area (Å²) in [6, 6.07) is 11.8. The number of ether oxygens (including phenoxy) is 1. The number of methoxy groups -OCH3 is 1. The summed E-state index contributed by atoms with van der Waals surface area (Å²) < 4.78 is 32.0. The second-order valence-electron chi connectivity index (χ2n) is 5.99. The molecule has 0 saturated heterocycles. The predicted molar refractivity (Wildman–Crippen MR) is 104 cm³/mol. The zero-order valence-corrected chi connectivity index (χ0v) is 16.3. The zero-order valence-electron chi connectivity index (χ0n) is 14.7. The van der Waals surface area contributed by atoms with E-state index >= 15 is 0 Å². The molecule has 2 aromatic carbocycles. The number of hydrogen-bond donors (Lipinski definition) is 2. The van der Waals surface area contributed by atoms with E-state index in [1.165, 1.54) is 7.11 Å². The van der Waals surface area contributed by atoms with Crippen LogP contribution in [-0.2, 0) is 14.8 Å². The fraction of sp³-hybridized carbons (Fsp3) is 0.278. The minimum absolute atomic E-state index is 0.337. The summed E-state index contributed by atoms with van der Waals surface area (Å²) in [5.74, 6) is -1.02. The van der Waals surface area contributed by atoms with E-state index in [2.05, 4.69) is 10.0 Å². The minimum Gasteiger partial charge on any atom is -0.495 e. The molecule has 1 atom stereocenters. The van der Waals surface area contributed by atoms with Crippen LogP contribution in [0.25, 0.3) is 0 Å². The van der Waals surface area contributed by atoms with Gasteiger partial charge in [0.25, 0.3) is 0 Å². The first-order valence-electron chi connectivity index (χ1n) is 7.92. The first kappa shape index (κ1) is 20.1. The molecule has 0 aliphatic rings. The summed E-state index contributed by atoms with van der Waals surface area (Å²) in [5.41, 5.74) is 1.96. The lowest BCUT2D eigenvalue weighted by Crippen LogP contribution is -2.29. The Hall–Kier alpha value is -2.25. The van der Waals surface area contributed by atoms with Crippen LogP contribution in [-0.4, -0.2) is 27.2 Å². The Balaban J connectivity index is 1.99. The highest BCUT2D eigenvalue weighted by Crippen LogP contribution is 2.27. The van der Waals surface area contributed by atoms with E-state index in [1.54, 1.807) is 49.4 Å². The number of benzene rings is 2. The molecule has 8 heteroatoms. The van der Waals surface area contributed by atoms with Crippen LogP contribution in [0.5, 0.6) is 5.75 Å². The number of carbonyl (C=O) groups is 1. The molecule has 0 spiro atoms. The molecule has 0 fully saturated rings. The van der Waals surface area contributed by atoms with Gasteiger partial charge in [0.05, 0.1) is 23.8 Å². The molecule has 0 aliphatic carbocycles. The number of carbonyl (C=O) groups excluding carboxylic acids is 1. The molecular formula is C18H21ClN2O4S. The predicted octanol–water partition coefficient (Wildman–Crippen LogP) is 3.67. The minimum atomic E-state index is -3.66. The van der Waals surface area contributed by atoms with Crippen molar-refractivity contribution < 1.29 is 17.9 Å². The van der Waals surface area contributed by atoms with Crippen molar-refractivity contribution in [1.29, 1.82) is 0 Å². The van der Waals surface area contributed by atoms with Crippen LogP contribution < -0.4 is 14.8 Å². The van der Waals surface area contributed by atoms with Crippen molar-refractivity contribution in [2.75, 3.05) is 22.9 Å². The Kier molecular flexibility index (Phi) is 6.50. The Morgan fingerprint density at radius 2 is 1.77 bits per heavy atom. The van der Waals surface area contributed by atoms with Crippen molar-refractivity contribution in [3.8, 4) is 5.75 Å². The monoisotopic (exact) mass is 396 g/mol. The van der Waals surface area contributed by atoms with Gasteiger partial charge in [-0.2, -0.15) is 0 Å². The van der Waals surface area contributed by atoms with Gasteiger partial charge in [0.15, 0.2) is 0 Å². The van der Waals surface area contributed by atoms with E-state index in [-0.39, 0.29) is 5.75 Å². The van der Waals surface area contributed by atoms with E-state index in [0.717, 1.165) is 5.56 Å². The summed E-state index contributed by atoms with van der Waals surface area (Å²) in [6.07, 6.45) is 0. The highest BCUT2D eigenvalue weighted by molar-refractivity contribution is 7.92. The van der Waals surface area contributed by atoms with Gasteiger partial charge in [-0.1, -0.05) is 36.2 Å². The molecule has 1 amide bonds. The third-order valence-electron chi connectivity index (χ3n) is 3.66. The SMILES string of the molecule is COc1ccc(NC(=O)C(C)CS(=O)(=O)Nc2ccc(C)cc2)cc1Cl. The van der Waals surface area contributed by atoms with Gasteiger partial charge < -0.3 is 10.1 Å². The molecule has 0 radical (unpaired) electrons. The van der Waals surface area contributed by atoms with E-state index < -0.39 is 21.8 Å². The van der Waals surface area contributed by atoms with Crippen LogP contribution in [0.15, 0.2) is 42.5 Å². The van der Waals surface area contributed by atoms with Crippen LogP contribution in [0.3, 0.4) is 0 Å². The molecule has 0 aliphatic heterocycles. The van der Waals surface area contributed by atoms with Gasteiger partial charge in [-0.25, -0.2) is 8.42 Å². The summed E-state index contributed by atoms with van der Waals surface area (Å²) >= 11 is 6.02. The second-order valence-corrected chi connectivity index (χ2v) is 8.16. The summed E-state index contributed by atoms with van der Waals surface area (Å²) in [5, 5.41) is 3.01. The van der Waals surface area contributed by atoms with Gasteiger partial charge in [-0.05, 0) is 37.3 Å². The Bertz CT molecular complexity index is 883. The van der Waals surface area contributed by atoms with Gasteiger partial charge >= 0.3 is 0 Å². The van der Waals surface area contributed by atoms with Crippen LogP contribution in [0.1, 0.15) is 12.5 Å². The first-order valence-corrected chi connectivity index (χ1v) is 9.95. The number of nitrogens with one attached hydrogen (secondary N) is 2. The fourth-order valence-corrected chi connectivity index (χ4v) is 3.90. The van der Waals surface area contributed by atoms with Crippen LogP contribution in [0.2, 0.25) is 5.02 Å². The molecule has 2 rings (SSSR count). The van der Waals surface area contributed by atoms with E-state index in [1.807, 2.05) is 6.92 Å². The molecule has 2 N–H and O–H groups in total. The average molecular weight is 397 g/mol. The standard InChI is InChI=1S/C18H21ClN2O4S/c1-12-4-6-14(7-5-12)21-26(23,24)11-13(2)18(22)20-15-8-9-17(25-3)16(19)10-15/h4-10,13,21H,11H2,1-3H3,(H,20,22). The highest BCUT2D eigenvalue weighted by Gasteiger charge is 2.22. The number of amides is 1. The molecule has 0 saturated carbocycles. The van der Waals surface area contributed by atoms with Crippen LogP contribution in [0.4, 0.5) is 11.4 Å². The third-order valence-corrected chi connectivity index (χ3v) is 5.44. The second kappa shape index (κ2) is 8.42. The maximum Gasteiger partial charge on any atom is 0.233 e. The summed E-state index contributed by atoms with van der Waals surface area (Å²) in [4.78, 5) is 12.3. The van der Waals surface area contributed by atoms with Crippen molar-refractivity contribution in [2.24, 2.45) is 5.92 Å². The highest BCUT2D eigenvalue weighted by atomic mass is 35.5. The Labute approximate surface area is 158 Å². The summed E-state index contributed by atoms with van der Waals surface area (Å²) in [6.45, 7) is 3.46. The lowest BCUT2D eigenvalue weighted by atomic mass is 10.2. The smallest absolute Gasteiger partial charge is 0.233 e. The van der Waals surface area contributed by atoms with Crippen LogP contribution >= 0.6 is 11.6 Å². The van der Waals surface area contributed by atoms with Gasteiger partial charge in [0.2, 0.25) is 15.9 Å². The quantitative estimate of drug-likeness (QED) is 0.747. The number of anilines is 2. The van der Waals surface area contributed by atoms with E-state index in [9.17, 15) is 13.2 Å². The van der Waals surface area contributed by atoms with Crippen molar-refractivity contribution >= 4 is 38.9 Å². The molecule has 26 heavy (non-hydrogen) atoms. The third kappa shape index (κ3) is 5.64. The fourth-order valence-electron chi connectivity index (χ4n) is 2.26. The molecule has 140 valence electrons. The van der Waals surface area contributed by atoms with Crippen molar-refractivity contribution in [1.82, 2.24) is 0 Å². The lowest BCUT2D eigenvalue weighted by molar-refractivity contribution is -0.118. The number of sulfonamides is 1. The molecule has 6 nitrogen and oxygen atoms in total. The molecule has 1 unspecified atom stereocenters. The topological polar surface area (TPSA) is 84.5 Å². The van der Waals surface area contributed by atoms with Crippen molar-refractivity contribution in [3.63, 3.8) is 0 Å². The molecule has 0 aromatic heterocycles. The van der Waals surface area contributed by atoms with E-state index in [0.29, 0.717) is 22.1 Å². The van der Waals surface area contributed by atoms with Gasteiger partial charge in [0.1, 0.15) is 5.75 Å². The van der Waals surface area contributed by atoms with E-state index in [4.69, 9.17) is 16.3 Å². The van der Waals surface area contributed by atoms with Crippen molar-refractivity contribution in [2.45, 2.75) is 13.8 Å². The van der Waals surface area contributed by atoms with Gasteiger partial charge in [0, 0.05) is 11.4 Å². The normalized spacial score (nSPS) is 12.3. The molecule has 0 heterocycles. The molecular weight excluding hydrogens is 376 g/mol. The Morgan fingerprint density at radius 1 is 1.15 bits per heavy atom. The number of rotatable bonds is 7. The summed E-state index contributed by atoms with van der Waals surface area (Å²) in [7, 11) is -2.17. The number of hydrogen-bond acceptors (Lipinski definition) is 4. The van der Waals surface area contributed by atoms with Crippen LogP contribution in [0, 0.1) is 12.8 Å². The Morgan fingerprint density at radius 3 is 2.35 bits per heavy atom. The maximum absolute atomic E-state index is 12.3.